The van der Waals surface area contributed by atoms with Crippen molar-refractivity contribution >= 4 is 0 Å². The van der Waals surface area contributed by atoms with Crippen LogP contribution in [0.5, 0.6) is 5.75 Å². The molecule has 0 bridgehead atoms. The Bertz CT molecular complexity index is 569. The van der Waals surface area contributed by atoms with Gasteiger partial charge in [-0.2, -0.15) is 0 Å². The summed E-state index contributed by atoms with van der Waals surface area (Å²) in [7, 11) is 0. The summed E-state index contributed by atoms with van der Waals surface area (Å²) in [4.78, 5) is 0. The number of benzene rings is 2. The predicted molar refractivity (Wildman–Crippen MR) is 85.4 cm³/mol. The van der Waals surface area contributed by atoms with Gasteiger partial charge in [0.05, 0.1) is 6.10 Å². The molecule has 2 aromatic rings. The van der Waals surface area contributed by atoms with E-state index < -0.39 is 6.10 Å². The summed E-state index contributed by atoms with van der Waals surface area (Å²) in [6.45, 7) is 4.44. The van der Waals surface area contributed by atoms with Crippen molar-refractivity contribution in [2.75, 3.05) is 6.54 Å². The molecule has 0 aliphatic rings. The summed E-state index contributed by atoms with van der Waals surface area (Å²) in [6, 6.07) is 15.8. The van der Waals surface area contributed by atoms with Crippen LogP contribution in [0.4, 0.5) is 0 Å². The first-order valence-electron chi connectivity index (χ1n) is 7.31. The second-order valence-electron chi connectivity index (χ2n) is 5.56. The molecule has 0 aliphatic heterocycles. The number of rotatable bonds is 6. The van der Waals surface area contributed by atoms with Crippen LogP contribution in [-0.2, 0) is 6.42 Å². The van der Waals surface area contributed by atoms with Gasteiger partial charge in [0, 0.05) is 12.6 Å². The number of hydrogen-bond donors (Lipinski definition) is 3. The van der Waals surface area contributed by atoms with E-state index in [1.165, 1.54) is 5.56 Å². The Morgan fingerprint density at radius 1 is 1.10 bits per heavy atom. The second kappa shape index (κ2) is 7.25. The van der Waals surface area contributed by atoms with Gasteiger partial charge in [0.15, 0.2) is 0 Å². The topological polar surface area (TPSA) is 52.5 Å². The van der Waals surface area contributed by atoms with E-state index in [0.717, 1.165) is 17.5 Å². The number of phenols is 1. The largest absolute Gasteiger partial charge is 0.508 e. The van der Waals surface area contributed by atoms with Crippen LogP contribution < -0.4 is 5.32 Å². The van der Waals surface area contributed by atoms with E-state index in [1.807, 2.05) is 31.2 Å². The standard InChI is InChI=1S/C18H23NO2/c1-13-10-16(8-9-17(13)20)18(21)12-19-14(2)11-15-6-4-3-5-7-15/h3-10,14,18-21H,11-12H2,1-2H3/t14?,18-/m0/s1. The first kappa shape index (κ1) is 15.5. The van der Waals surface area contributed by atoms with Gasteiger partial charge < -0.3 is 15.5 Å². The van der Waals surface area contributed by atoms with Crippen LogP contribution in [0.1, 0.15) is 29.7 Å². The molecule has 0 radical (unpaired) electrons. The molecular weight excluding hydrogens is 262 g/mol. The van der Waals surface area contributed by atoms with Crippen LogP contribution in [-0.4, -0.2) is 22.8 Å². The summed E-state index contributed by atoms with van der Waals surface area (Å²) < 4.78 is 0. The Morgan fingerprint density at radius 3 is 2.48 bits per heavy atom. The van der Waals surface area contributed by atoms with E-state index in [9.17, 15) is 10.2 Å². The minimum absolute atomic E-state index is 0.261. The van der Waals surface area contributed by atoms with Crippen LogP contribution in [0.2, 0.25) is 0 Å². The zero-order valence-electron chi connectivity index (χ0n) is 12.6. The zero-order chi connectivity index (χ0) is 15.2. The molecule has 0 aromatic heterocycles. The summed E-state index contributed by atoms with van der Waals surface area (Å²) in [5.74, 6) is 0.261. The van der Waals surface area contributed by atoms with Crippen LogP contribution in [0.3, 0.4) is 0 Å². The first-order chi connectivity index (χ1) is 10.1. The lowest BCUT2D eigenvalue weighted by Gasteiger charge is -2.18. The molecule has 3 N–H and O–H groups in total. The fourth-order valence-corrected chi connectivity index (χ4v) is 2.36. The molecule has 112 valence electrons. The minimum Gasteiger partial charge on any atom is -0.508 e. The molecule has 0 spiro atoms. The van der Waals surface area contributed by atoms with Crippen LogP contribution in [0.25, 0.3) is 0 Å². The molecule has 1 unspecified atom stereocenters. The molecule has 0 aliphatic carbocycles. The molecule has 2 atom stereocenters. The number of aryl methyl sites for hydroxylation is 1. The van der Waals surface area contributed by atoms with Crippen molar-refractivity contribution in [3.8, 4) is 5.75 Å². The van der Waals surface area contributed by atoms with Gasteiger partial charge >= 0.3 is 0 Å². The third-order valence-corrected chi connectivity index (χ3v) is 3.65. The Kier molecular flexibility index (Phi) is 5.37. The van der Waals surface area contributed by atoms with Crippen molar-refractivity contribution in [1.29, 1.82) is 0 Å². The van der Waals surface area contributed by atoms with Crippen molar-refractivity contribution in [1.82, 2.24) is 5.32 Å². The van der Waals surface area contributed by atoms with Gasteiger partial charge in [0.2, 0.25) is 0 Å². The van der Waals surface area contributed by atoms with Crippen molar-refractivity contribution in [2.24, 2.45) is 0 Å². The lowest BCUT2D eigenvalue weighted by molar-refractivity contribution is 0.170. The maximum atomic E-state index is 10.2. The molecule has 0 heterocycles. The quantitative estimate of drug-likeness (QED) is 0.765. The molecule has 3 nitrogen and oxygen atoms in total. The highest BCUT2D eigenvalue weighted by Crippen LogP contribution is 2.21. The maximum Gasteiger partial charge on any atom is 0.118 e. The zero-order valence-corrected chi connectivity index (χ0v) is 12.6. The Balaban J connectivity index is 1.85. The SMILES string of the molecule is Cc1cc([C@@H](O)CNC(C)Cc2ccccc2)ccc1O. The Morgan fingerprint density at radius 2 is 1.81 bits per heavy atom. The fraction of sp³-hybridized carbons (Fsp3) is 0.333. The van der Waals surface area contributed by atoms with Gasteiger partial charge in [0.1, 0.15) is 5.75 Å². The van der Waals surface area contributed by atoms with Crippen molar-refractivity contribution in [2.45, 2.75) is 32.4 Å². The predicted octanol–water partition coefficient (Wildman–Crippen LogP) is 2.95. The number of phenolic OH excluding ortho intramolecular Hbond substituents is 1. The summed E-state index contributed by atoms with van der Waals surface area (Å²) in [5, 5.41) is 23.1. The highest BCUT2D eigenvalue weighted by atomic mass is 16.3. The summed E-state index contributed by atoms with van der Waals surface area (Å²) in [5.41, 5.74) is 2.89. The van der Waals surface area contributed by atoms with Crippen molar-refractivity contribution in [3.05, 3.63) is 65.2 Å². The molecular formula is C18H23NO2. The monoisotopic (exact) mass is 285 g/mol. The third kappa shape index (κ3) is 4.59. The molecule has 2 rings (SSSR count). The lowest BCUT2D eigenvalue weighted by Crippen LogP contribution is -2.32. The number of aliphatic hydroxyl groups is 1. The lowest BCUT2D eigenvalue weighted by atomic mass is 10.0. The maximum absolute atomic E-state index is 10.2. The minimum atomic E-state index is -0.567. The summed E-state index contributed by atoms with van der Waals surface area (Å²) >= 11 is 0. The van der Waals surface area contributed by atoms with E-state index in [4.69, 9.17) is 0 Å². The smallest absolute Gasteiger partial charge is 0.118 e. The van der Waals surface area contributed by atoms with Gasteiger partial charge in [0.25, 0.3) is 0 Å². The van der Waals surface area contributed by atoms with Gasteiger partial charge in [-0.3, -0.25) is 0 Å². The fourth-order valence-electron chi connectivity index (χ4n) is 2.36. The van der Waals surface area contributed by atoms with Crippen molar-refractivity contribution < 1.29 is 10.2 Å². The molecule has 0 fully saturated rings. The van der Waals surface area contributed by atoms with E-state index >= 15 is 0 Å². The van der Waals surface area contributed by atoms with Crippen LogP contribution in [0, 0.1) is 6.92 Å². The number of aromatic hydroxyl groups is 1. The Labute approximate surface area is 126 Å². The second-order valence-corrected chi connectivity index (χ2v) is 5.56. The molecule has 3 heteroatoms. The van der Waals surface area contributed by atoms with Gasteiger partial charge in [-0.15, -0.1) is 0 Å². The Hall–Kier alpha value is -1.84. The molecule has 0 amide bonds. The third-order valence-electron chi connectivity index (χ3n) is 3.65. The molecule has 0 saturated heterocycles. The molecule has 0 saturated carbocycles. The van der Waals surface area contributed by atoms with E-state index in [0.29, 0.717) is 12.6 Å². The average Bonchev–Trinajstić information content (AvgIpc) is 2.48. The van der Waals surface area contributed by atoms with Crippen LogP contribution in [0.15, 0.2) is 48.5 Å². The number of hydrogen-bond acceptors (Lipinski definition) is 3. The molecule has 2 aromatic carbocycles. The van der Waals surface area contributed by atoms with Gasteiger partial charge in [-0.05, 0) is 49.1 Å². The first-order valence-corrected chi connectivity index (χ1v) is 7.31. The average molecular weight is 285 g/mol. The normalized spacial score (nSPS) is 13.9. The van der Waals surface area contributed by atoms with E-state index in [1.54, 1.807) is 12.1 Å². The highest BCUT2D eigenvalue weighted by Gasteiger charge is 2.11. The molecule has 21 heavy (non-hydrogen) atoms. The summed E-state index contributed by atoms with van der Waals surface area (Å²) in [6.07, 6.45) is 0.366. The highest BCUT2D eigenvalue weighted by molar-refractivity contribution is 5.35. The van der Waals surface area contributed by atoms with E-state index in [2.05, 4.69) is 24.4 Å². The van der Waals surface area contributed by atoms with Crippen molar-refractivity contribution in [3.63, 3.8) is 0 Å². The number of aliphatic hydroxyl groups excluding tert-OH is 1. The van der Waals surface area contributed by atoms with Crippen LogP contribution >= 0.6 is 0 Å². The van der Waals surface area contributed by atoms with Gasteiger partial charge in [-0.1, -0.05) is 36.4 Å². The van der Waals surface area contributed by atoms with E-state index in [-0.39, 0.29) is 5.75 Å². The number of nitrogens with one attached hydrogen (secondary N) is 1. The van der Waals surface area contributed by atoms with Gasteiger partial charge in [-0.25, -0.2) is 0 Å².